The van der Waals surface area contributed by atoms with Gasteiger partial charge >= 0.3 is 0 Å². The normalized spacial score (nSPS) is 17.5. The number of hydrogen-bond donors (Lipinski definition) is 2. The van der Waals surface area contributed by atoms with Crippen LogP contribution in [0.3, 0.4) is 0 Å². The Balaban J connectivity index is 1.52. The molecule has 30 heavy (non-hydrogen) atoms. The maximum Gasteiger partial charge on any atom is 0.254 e. The molecule has 2 aromatic carbocycles. The van der Waals surface area contributed by atoms with Crippen molar-refractivity contribution in [1.29, 1.82) is 0 Å². The molecule has 1 heterocycles. The molecule has 1 saturated carbocycles. The fourth-order valence-corrected chi connectivity index (χ4v) is 4.70. The van der Waals surface area contributed by atoms with Crippen LogP contribution in [-0.2, 0) is 0 Å². The zero-order chi connectivity index (χ0) is 21.3. The molecule has 5 heteroatoms. The number of anilines is 1. The minimum Gasteiger partial charge on any atom is -0.399 e. The van der Waals surface area contributed by atoms with E-state index >= 15 is 0 Å². The average Bonchev–Trinajstić information content (AvgIpc) is 2.72. The van der Waals surface area contributed by atoms with Crippen molar-refractivity contribution < 1.29 is 9.59 Å². The number of rotatable bonds is 4. The maximum absolute atomic E-state index is 13.3. The third-order valence-corrected chi connectivity index (χ3v) is 6.83. The summed E-state index contributed by atoms with van der Waals surface area (Å²) in [5.74, 6) is 0.829. The lowest BCUT2D eigenvalue weighted by Crippen LogP contribution is -2.38. The van der Waals surface area contributed by atoms with E-state index in [-0.39, 0.29) is 11.8 Å². The van der Waals surface area contributed by atoms with Gasteiger partial charge in [-0.2, -0.15) is 0 Å². The molecule has 158 valence electrons. The number of hydrogen-bond acceptors (Lipinski definition) is 3. The third kappa shape index (κ3) is 3.93. The SMILES string of the molecule is CNC(=O)c1cc(C(=O)N2CCC(c3ccc(N)cc3)CC2)c(C)cc1C1CCC1. The number of benzene rings is 2. The highest BCUT2D eigenvalue weighted by atomic mass is 16.2. The molecule has 1 aliphatic carbocycles. The van der Waals surface area contributed by atoms with Gasteiger partial charge in [-0.1, -0.05) is 24.6 Å². The Morgan fingerprint density at radius 1 is 0.967 bits per heavy atom. The smallest absolute Gasteiger partial charge is 0.254 e. The molecular weight excluding hydrogens is 374 g/mol. The molecule has 5 nitrogen and oxygen atoms in total. The Bertz CT molecular complexity index is 940. The Labute approximate surface area is 178 Å². The van der Waals surface area contributed by atoms with Crippen molar-refractivity contribution >= 4 is 17.5 Å². The number of carbonyl (C=O) groups excluding carboxylic acids is 2. The Hall–Kier alpha value is -2.82. The van der Waals surface area contributed by atoms with Crippen LogP contribution in [0.2, 0.25) is 0 Å². The van der Waals surface area contributed by atoms with Gasteiger partial charge in [-0.3, -0.25) is 9.59 Å². The van der Waals surface area contributed by atoms with E-state index in [9.17, 15) is 9.59 Å². The van der Waals surface area contributed by atoms with Gasteiger partial charge in [-0.05, 0) is 79.3 Å². The average molecular weight is 406 g/mol. The van der Waals surface area contributed by atoms with Gasteiger partial charge in [0.05, 0.1) is 0 Å². The number of piperidine rings is 1. The minimum absolute atomic E-state index is 0.0357. The van der Waals surface area contributed by atoms with Crippen LogP contribution in [0.4, 0.5) is 5.69 Å². The molecule has 1 saturated heterocycles. The molecule has 0 aromatic heterocycles. The van der Waals surface area contributed by atoms with Crippen LogP contribution in [0.5, 0.6) is 0 Å². The zero-order valence-electron chi connectivity index (χ0n) is 17.9. The van der Waals surface area contributed by atoms with Crippen molar-refractivity contribution in [2.45, 2.75) is 50.9 Å². The summed E-state index contributed by atoms with van der Waals surface area (Å²) in [5.41, 5.74) is 11.2. The summed E-state index contributed by atoms with van der Waals surface area (Å²) in [5, 5.41) is 2.75. The summed E-state index contributed by atoms with van der Waals surface area (Å²) >= 11 is 0. The number of nitrogens with one attached hydrogen (secondary N) is 1. The van der Waals surface area contributed by atoms with Crippen molar-refractivity contribution in [2.24, 2.45) is 0 Å². The van der Waals surface area contributed by atoms with Crippen LogP contribution in [0.25, 0.3) is 0 Å². The summed E-state index contributed by atoms with van der Waals surface area (Å²) < 4.78 is 0. The molecule has 0 radical (unpaired) electrons. The second kappa shape index (κ2) is 8.50. The van der Waals surface area contributed by atoms with Crippen LogP contribution in [0.1, 0.15) is 81.3 Å². The first-order chi connectivity index (χ1) is 14.5. The van der Waals surface area contributed by atoms with E-state index in [1.54, 1.807) is 7.05 Å². The first-order valence-electron chi connectivity index (χ1n) is 11.0. The van der Waals surface area contributed by atoms with Gasteiger partial charge < -0.3 is 16.0 Å². The third-order valence-electron chi connectivity index (χ3n) is 6.83. The lowest BCUT2D eigenvalue weighted by Gasteiger charge is -2.33. The van der Waals surface area contributed by atoms with Crippen molar-refractivity contribution in [3.05, 3.63) is 64.2 Å². The maximum atomic E-state index is 13.3. The summed E-state index contributed by atoms with van der Waals surface area (Å²) in [6.07, 6.45) is 5.33. The highest BCUT2D eigenvalue weighted by Gasteiger charge is 2.29. The fraction of sp³-hybridized carbons (Fsp3) is 0.440. The number of nitrogens with zero attached hydrogens (tertiary/aromatic N) is 1. The molecule has 0 bridgehead atoms. The van der Waals surface area contributed by atoms with Crippen molar-refractivity contribution in [3.63, 3.8) is 0 Å². The molecular formula is C25H31N3O2. The van der Waals surface area contributed by atoms with E-state index in [1.807, 2.05) is 30.0 Å². The number of nitrogens with two attached hydrogens (primary N) is 1. The molecule has 0 unspecified atom stereocenters. The fourth-order valence-electron chi connectivity index (χ4n) is 4.70. The predicted octanol–water partition coefficient (Wildman–Crippen LogP) is 4.22. The van der Waals surface area contributed by atoms with E-state index < -0.39 is 0 Å². The lowest BCUT2D eigenvalue weighted by molar-refractivity contribution is 0.0712. The second-order valence-electron chi connectivity index (χ2n) is 8.69. The van der Waals surface area contributed by atoms with Gasteiger partial charge in [0.25, 0.3) is 11.8 Å². The first kappa shape index (κ1) is 20.5. The largest absolute Gasteiger partial charge is 0.399 e. The number of aryl methyl sites for hydroxylation is 1. The first-order valence-corrected chi connectivity index (χ1v) is 11.0. The molecule has 0 spiro atoms. The summed E-state index contributed by atoms with van der Waals surface area (Å²) in [4.78, 5) is 27.8. The van der Waals surface area contributed by atoms with Gasteiger partial charge in [-0.15, -0.1) is 0 Å². The number of amides is 2. The second-order valence-corrected chi connectivity index (χ2v) is 8.69. The molecule has 2 amide bonds. The molecule has 2 aliphatic rings. The molecule has 2 fully saturated rings. The van der Waals surface area contributed by atoms with Gasteiger partial charge in [0.15, 0.2) is 0 Å². The monoisotopic (exact) mass is 405 g/mol. The van der Waals surface area contributed by atoms with Crippen molar-refractivity contribution in [3.8, 4) is 0 Å². The van der Waals surface area contributed by atoms with Crippen molar-refractivity contribution in [2.75, 3.05) is 25.9 Å². The topological polar surface area (TPSA) is 75.4 Å². The van der Waals surface area contributed by atoms with Gasteiger partial charge in [0.2, 0.25) is 0 Å². The Morgan fingerprint density at radius 3 is 2.20 bits per heavy atom. The molecule has 0 atom stereocenters. The highest BCUT2D eigenvalue weighted by Crippen LogP contribution is 2.39. The molecule has 4 rings (SSSR count). The quantitative estimate of drug-likeness (QED) is 0.748. The number of nitrogen functional groups attached to an aromatic ring is 1. The molecule has 3 N–H and O–H groups in total. The molecule has 2 aromatic rings. The van der Waals surface area contributed by atoms with Gasteiger partial charge in [0, 0.05) is 37.0 Å². The minimum atomic E-state index is -0.104. The van der Waals surface area contributed by atoms with Crippen LogP contribution in [-0.4, -0.2) is 36.9 Å². The lowest BCUT2D eigenvalue weighted by atomic mass is 9.77. The standard InChI is InChI=1S/C25H31N3O2/c1-16-14-22(19-4-3-5-19)23(24(29)27-2)15-21(16)25(30)28-12-10-18(11-13-28)17-6-8-20(26)9-7-17/h6-9,14-15,18-19H,3-5,10-13,26H2,1-2H3,(H,27,29). The van der Waals surface area contributed by atoms with Crippen molar-refractivity contribution in [1.82, 2.24) is 10.2 Å². The van der Waals surface area contributed by atoms with Crippen LogP contribution in [0, 0.1) is 6.92 Å². The van der Waals surface area contributed by atoms with E-state index in [1.165, 1.54) is 12.0 Å². The summed E-state index contributed by atoms with van der Waals surface area (Å²) in [6.45, 7) is 3.45. The van der Waals surface area contributed by atoms with Crippen LogP contribution in [0.15, 0.2) is 36.4 Å². The van der Waals surface area contributed by atoms with E-state index in [0.717, 1.165) is 55.6 Å². The van der Waals surface area contributed by atoms with Crippen LogP contribution < -0.4 is 11.1 Å². The summed E-state index contributed by atoms with van der Waals surface area (Å²) in [6, 6.07) is 12.0. The van der Waals surface area contributed by atoms with Crippen LogP contribution >= 0.6 is 0 Å². The van der Waals surface area contributed by atoms with Gasteiger partial charge in [-0.25, -0.2) is 0 Å². The summed E-state index contributed by atoms with van der Waals surface area (Å²) in [7, 11) is 1.65. The zero-order valence-corrected chi connectivity index (χ0v) is 17.9. The van der Waals surface area contributed by atoms with E-state index in [2.05, 4.69) is 23.5 Å². The Kier molecular flexibility index (Phi) is 5.80. The number of likely N-dealkylation sites (tertiary alicyclic amines) is 1. The highest BCUT2D eigenvalue weighted by molar-refractivity contribution is 6.01. The Morgan fingerprint density at radius 2 is 1.63 bits per heavy atom. The van der Waals surface area contributed by atoms with E-state index in [4.69, 9.17) is 5.73 Å². The predicted molar refractivity (Wildman–Crippen MR) is 120 cm³/mol. The van der Waals surface area contributed by atoms with Gasteiger partial charge in [0.1, 0.15) is 0 Å². The van der Waals surface area contributed by atoms with E-state index in [0.29, 0.717) is 23.0 Å². The molecule has 1 aliphatic heterocycles. The number of carbonyl (C=O) groups is 2.